The molecular formula is C15H22N2O3S. The lowest BCUT2D eigenvalue weighted by Gasteiger charge is -2.37. The number of sulfonamides is 1. The topological polar surface area (TPSA) is 72.6 Å². The number of aryl methyl sites for hydroxylation is 1. The van der Waals surface area contributed by atoms with Gasteiger partial charge in [-0.1, -0.05) is 0 Å². The van der Waals surface area contributed by atoms with Gasteiger partial charge in [-0.2, -0.15) is 4.31 Å². The summed E-state index contributed by atoms with van der Waals surface area (Å²) in [5.41, 5.74) is 7.99. The van der Waals surface area contributed by atoms with Crippen molar-refractivity contribution >= 4 is 15.7 Å². The molecule has 2 atom stereocenters. The minimum absolute atomic E-state index is 0.0233. The van der Waals surface area contributed by atoms with Crippen LogP contribution in [0.2, 0.25) is 0 Å². The summed E-state index contributed by atoms with van der Waals surface area (Å²) in [5, 5.41) is 0. The quantitative estimate of drug-likeness (QED) is 0.846. The number of nitrogens with two attached hydrogens (primary N) is 1. The summed E-state index contributed by atoms with van der Waals surface area (Å²) < 4.78 is 33.5. The van der Waals surface area contributed by atoms with Crippen molar-refractivity contribution in [2.45, 2.75) is 50.2 Å². The summed E-state index contributed by atoms with van der Waals surface area (Å²) in [6, 6.07) is 3.51. The Labute approximate surface area is 126 Å². The smallest absolute Gasteiger partial charge is 0.243 e. The molecule has 1 heterocycles. The second kappa shape index (κ2) is 5.26. The molecule has 0 spiro atoms. The van der Waals surface area contributed by atoms with Crippen molar-refractivity contribution in [3.8, 4) is 0 Å². The summed E-state index contributed by atoms with van der Waals surface area (Å²) in [6.07, 6.45) is 2.91. The second-order valence-corrected chi connectivity index (χ2v) is 7.86. The Morgan fingerprint density at radius 3 is 2.81 bits per heavy atom. The van der Waals surface area contributed by atoms with Gasteiger partial charge in [0.15, 0.2) is 0 Å². The van der Waals surface area contributed by atoms with E-state index in [1.54, 1.807) is 17.3 Å². The lowest BCUT2D eigenvalue weighted by molar-refractivity contribution is -0.0241. The van der Waals surface area contributed by atoms with Gasteiger partial charge in [-0.15, -0.1) is 0 Å². The molecule has 2 unspecified atom stereocenters. The zero-order chi connectivity index (χ0) is 15.2. The lowest BCUT2D eigenvalue weighted by atomic mass is 10.1. The van der Waals surface area contributed by atoms with Gasteiger partial charge in [-0.05, 0) is 56.4 Å². The average Bonchev–Trinajstić information content (AvgIpc) is 2.90. The maximum Gasteiger partial charge on any atom is 0.243 e. The molecule has 21 heavy (non-hydrogen) atoms. The summed E-state index contributed by atoms with van der Waals surface area (Å²) in [6.45, 7) is 4.54. The van der Waals surface area contributed by atoms with E-state index in [1.807, 2.05) is 13.0 Å². The minimum atomic E-state index is -3.52. The second-order valence-electron chi connectivity index (χ2n) is 6.00. The molecule has 2 fully saturated rings. The largest absolute Gasteiger partial charge is 0.398 e. The van der Waals surface area contributed by atoms with Crippen LogP contribution in [0.3, 0.4) is 0 Å². The van der Waals surface area contributed by atoms with Crippen molar-refractivity contribution in [2.24, 2.45) is 0 Å². The van der Waals surface area contributed by atoms with Crippen LogP contribution in [0.5, 0.6) is 0 Å². The number of benzene rings is 1. The van der Waals surface area contributed by atoms with Crippen LogP contribution in [0.4, 0.5) is 5.69 Å². The third kappa shape index (κ3) is 2.45. The molecule has 0 radical (unpaired) electrons. The molecule has 0 aromatic heterocycles. The number of nitrogen functional groups attached to an aromatic ring is 1. The Kier molecular flexibility index (Phi) is 3.71. The normalized spacial score (nSPS) is 26.8. The van der Waals surface area contributed by atoms with Gasteiger partial charge in [0.2, 0.25) is 10.0 Å². The van der Waals surface area contributed by atoms with Crippen molar-refractivity contribution in [1.29, 1.82) is 0 Å². The molecule has 1 aliphatic heterocycles. The fraction of sp³-hybridized carbons (Fsp3) is 0.600. The van der Waals surface area contributed by atoms with Crippen molar-refractivity contribution in [2.75, 3.05) is 18.9 Å². The standard InChI is InChI=1S/C15H22N2O3S/c1-10-8-12(16)11(2)15(9-10)21(18,19)17-6-7-20-14-5-3-4-13(14)17/h8-9,13-14H,3-7,16H2,1-2H3. The predicted molar refractivity (Wildman–Crippen MR) is 81.6 cm³/mol. The zero-order valence-corrected chi connectivity index (χ0v) is 13.3. The van der Waals surface area contributed by atoms with Crippen LogP contribution < -0.4 is 5.73 Å². The van der Waals surface area contributed by atoms with Gasteiger partial charge in [0.25, 0.3) is 0 Å². The van der Waals surface area contributed by atoms with Crippen LogP contribution in [0.15, 0.2) is 17.0 Å². The monoisotopic (exact) mass is 310 g/mol. The van der Waals surface area contributed by atoms with E-state index >= 15 is 0 Å². The Morgan fingerprint density at radius 2 is 2.05 bits per heavy atom. The van der Waals surface area contributed by atoms with E-state index < -0.39 is 10.0 Å². The molecular weight excluding hydrogens is 288 g/mol. The van der Waals surface area contributed by atoms with Crippen molar-refractivity contribution in [1.82, 2.24) is 4.31 Å². The summed E-state index contributed by atoms with van der Waals surface area (Å²) in [5.74, 6) is 0. The van der Waals surface area contributed by atoms with Gasteiger partial charge in [-0.3, -0.25) is 0 Å². The summed E-state index contributed by atoms with van der Waals surface area (Å²) >= 11 is 0. The van der Waals surface area contributed by atoms with Crippen molar-refractivity contribution in [3.63, 3.8) is 0 Å². The average molecular weight is 310 g/mol. The Morgan fingerprint density at radius 1 is 1.29 bits per heavy atom. The van der Waals surface area contributed by atoms with Crippen LogP contribution in [-0.2, 0) is 14.8 Å². The molecule has 2 aliphatic rings. The SMILES string of the molecule is Cc1cc(N)c(C)c(S(=O)(=O)N2CCOC3CCCC32)c1. The summed E-state index contributed by atoms with van der Waals surface area (Å²) in [7, 11) is -3.52. The highest BCUT2D eigenvalue weighted by Gasteiger charge is 2.42. The maximum absolute atomic E-state index is 13.1. The van der Waals surface area contributed by atoms with Gasteiger partial charge in [0.1, 0.15) is 0 Å². The first kappa shape index (κ1) is 14.8. The molecule has 6 heteroatoms. The molecule has 3 rings (SSSR count). The first-order chi connectivity index (χ1) is 9.91. The van der Waals surface area contributed by atoms with Gasteiger partial charge in [-0.25, -0.2) is 8.42 Å². The fourth-order valence-corrected chi connectivity index (χ4v) is 5.44. The third-order valence-corrected chi connectivity index (χ3v) is 6.61. The van der Waals surface area contributed by atoms with Crippen LogP contribution in [0, 0.1) is 13.8 Å². The number of morpholine rings is 1. The number of rotatable bonds is 2. The molecule has 1 saturated heterocycles. The highest BCUT2D eigenvalue weighted by atomic mass is 32.2. The predicted octanol–water partition coefficient (Wildman–Crippen LogP) is 1.83. The van der Waals surface area contributed by atoms with Crippen LogP contribution in [0.1, 0.15) is 30.4 Å². The fourth-order valence-electron chi connectivity index (χ4n) is 3.44. The van der Waals surface area contributed by atoms with Gasteiger partial charge in [0, 0.05) is 12.2 Å². The van der Waals surface area contributed by atoms with Crippen LogP contribution in [0.25, 0.3) is 0 Å². The Bertz CT molecular complexity index is 657. The lowest BCUT2D eigenvalue weighted by Crippen LogP contribution is -2.51. The first-order valence-corrected chi connectivity index (χ1v) is 8.85. The molecule has 2 N–H and O–H groups in total. The molecule has 1 aliphatic carbocycles. The van der Waals surface area contributed by atoms with E-state index in [1.165, 1.54) is 0 Å². The van der Waals surface area contributed by atoms with Gasteiger partial charge >= 0.3 is 0 Å². The molecule has 5 nitrogen and oxygen atoms in total. The molecule has 1 aromatic carbocycles. The number of fused-ring (bicyclic) bond motifs is 1. The van der Waals surface area contributed by atoms with Crippen LogP contribution >= 0.6 is 0 Å². The number of nitrogens with zero attached hydrogens (tertiary/aromatic N) is 1. The van der Waals surface area contributed by atoms with Crippen molar-refractivity contribution in [3.05, 3.63) is 23.3 Å². The maximum atomic E-state index is 13.1. The molecule has 0 amide bonds. The van der Waals surface area contributed by atoms with Crippen LogP contribution in [-0.4, -0.2) is 38.0 Å². The first-order valence-electron chi connectivity index (χ1n) is 7.41. The third-order valence-electron chi connectivity index (χ3n) is 4.56. The van der Waals surface area contributed by atoms with Gasteiger partial charge in [0.05, 0.1) is 23.6 Å². The molecule has 0 bridgehead atoms. The van der Waals surface area contributed by atoms with E-state index in [-0.39, 0.29) is 12.1 Å². The van der Waals surface area contributed by atoms with Gasteiger partial charge < -0.3 is 10.5 Å². The zero-order valence-electron chi connectivity index (χ0n) is 12.5. The number of ether oxygens (including phenoxy) is 1. The Balaban J connectivity index is 2.04. The molecule has 1 saturated carbocycles. The molecule has 116 valence electrons. The number of anilines is 1. The highest BCUT2D eigenvalue weighted by Crippen LogP contribution is 2.35. The minimum Gasteiger partial charge on any atom is -0.398 e. The van der Waals surface area contributed by atoms with E-state index in [2.05, 4.69) is 0 Å². The van der Waals surface area contributed by atoms with E-state index in [9.17, 15) is 8.42 Å². The highest BCUT2D eigenvalue weighted by molar-refractivity contribution is 7.89. The van der Waals surface area contributed by atoms with E-state index in [4.69, 9.17) is 10.5 Å². The number of hydrogen-bond donors (Lipinski definition) is 1. The van der Waals surface area contributed by atoms with Crippen molar-refractivity contribution < 1.29 is 13.2 Å². The number of hydrogen-bond acceptors (Lipinski definition) is 4. The van der Waals surface area contributed by atoms with E-state index in [0.29, 0.717) is 29.3 Å². The van der Waals surface area contributed by atoms with E-state index in [0.717, 1.165) is 24.8 Å². The summed E-state index contributed by atoms with van der Waals surface area (Å²) in [4.78, 5) is 0.340. The molecule has 1 aromatic rings. The Hall–Kier alpha value is -1.11.